The van der Waals surface area contributed by atoms with E-state index in [4.69, 9.17) is 18.9 Å². The number of rotatable bonds is 5. The Kier molecular flexibility index (Phi) is 7.65. The Labute approximate surface area is 199 Å². The van der Waals surface area contributed by atoms with Gasteiger partial charge in [-0.05, 0) is 57.2 Å². The third kappa shape index (κ3) is 5.98. The van der Waals surface area contributed by atoms with Crippen molar-refractivity contribution in [2.75, 3.05) is 32.2 Å². The van der Waals surface area contributed by atoms with Crippen LogP contribution >= 0.6 is 0 Å². The Bertz CT molecular complexity index is 1020. The highest BCUT2D eigenvalue weighted by atomic mass is 16.6. The molecular weight excluding hydrogens is 440 g/mol. The molecule has 0 radical (unpaired) electrons. The molecule has 0 aliphatic carbocycles. The monoisotopic (exact) mass is 470 g/mol. The number of methoxy groups -OCH3 is 2. The summed E-state index contributed by atoms with van der Waals surface area (Å²) >= 11 is 0. The number of carbonyl (C=O) groups is 3. The second-order valence-corrected chi connectivity index (χ2v) is 8.76. The number of hydrogen-bond acceptors (Lipinski definition) is 8. The fourth-order valence-corrected chi connectivity index (χ4v) is 3.56. The topological polar surface area (TPSA) is 94.6 Å². The van der Waals surface area contributed by atoms with E-state index in [0.717, 1.165) is 0 Å². The number of likely N-dealkylation sites (tertiary alicyclic amines) is 1. The van der Waals surface area contributed by atoms with Crippen LogP contribution in [0.1, 0.15) is 27.2 Å². The second kappa shape index (κ2) is 10.5. The van der Waals surface area contributed by atoms with Crippen molar-refractivity contribution in [1.82, 2.24) is 4.90 Å². The maximum atomic E-state index is 12.5. The highest BCUT2D eigenvalue weighted by Gasteiger charge is 2.31. The van der Waals surface area contributed by atoms with Gasteiger partial charge in [0.25, 0.3) is 0 Å². The Morgan fingerprint density at radius 2 is 1.65 bits per heavy atom. The van der Waals surface area contributed by atoms with Gasteiger partial charge in [0.15, 0.2) is 0 Å². The lowest BCUT2D eigenvalue weighted by Gasteiger charge is -2.24. The average molecular weight is 471 g/mol. The highest BCUT2D eigenvalue weighted by Crippen LogP contribution is 2.29. The van der Waals surface area contributed by atoms with Gasteiger partial charge in [-0.1, -0.05) is 6.08 Å². The normalized spacial score (nSPS) is 18.0. The SMILES string of the molecule is COC(=O)C1=C(C(=O)OC)N(c2ccc(OC3CCN(C(=O)OC(C)(C)C)C3)cc2)C=CC=C1. The van der Waals surface area contributed by atoms with Crippen molar-refractivity contribution in [3.05, 3.63) is 60.0 Å². The quantitative estimate of drug-likeness (QED) is 0.476. The fourth-order valence-electron chi connectivity index (χ4n) is 3.56. The Morgan fingerprint density at radius 3 is 2.26 bits per heavy atom. The molecule has 9 heteroatoms. The molecule has 1 aromatic carbocycles. The molecule has 1 unspecified atom stereocenters. The maximum Gasteiger partial charge on any atom is 0.410 e. The van der Waals surface area contributed by atoms with Gasteiger partial charge >= 0.3 is 18.0 Å². The van der Waals surface area contributed by atoms with Gasteiger partial charge in [-0.25, -0.2) is 14.4 Å². The van der Waals surface area contributed by atoms with E-state index >= 15 is 0 Å². The van der Waals surface area contributed by atoms with E-state index in [1.54, 1.807) is 52.4 Å². The maximum absolute atomic E-state index is 12.5. The minimum absolute atomic E-state index is 0.0387. The molecule has 9 nitrogen and oxygen atoms in total. The van der Waals surface area contributed by atoms with E-state index in [1.165, 1.54) is 20.3 Å². The summed E-state index contributed by atoms with van der Waals surface area (Å²) in [5.74, 6) is -0.709. The van der Waals surface area contributed by atoms with Crippen LogP contribution in [0, 0.1) is 0 Å². The number of carbonyl (C=O) groups excluding carboxylic acids is 3. The number of amides is 1. The summed E-state index contributed by atoms with van der Waals surface area (Å²) in [6, 6.07) is 7.07. The van der Waals surface area contributed by atoms with E-state index in [0.29, 0.717) is 30.9 Å². The van der Waals surface area contributed by atoms with E-state index < -0.39 is 17.5 Å². The number of hydrogen-bond donors (Lipinski definition) is 0. The van der Waals surface area contributed by atoms with Crippen molar-refractivity contribution in [2.45, 2.75) is 38.9 Å². The Morgan fingerprint density at radius 1 is 0.971 bits per heavy atom. The van der Waals surface area contributed by atoms with Gasteiger partial charge in [-0.3, -0.25) is 0 Å². The number of anilines is 1. The number of benzene rings is 1. The minimum atomic E-state index is -0.676. The summed E-state index contributed by atoms with van der Waals surface area (Å²) in [6.07, 6.45) is 6.69. The zero-order valence-electron chi connectivity index (χ0n) is 20.1. The smallest absolute Gasteiger partial charge is 0.410 e. The van der Waals surface area contributed by atoms with E-state index in [2.05, 4.69) is 0 Å². The molecule has 3 rings (SSSR count). The number of allylic oxidation sites excluding steroid dienone is 2. The van der Waals surface area contributed by atoms with Crippen molar-refractivity contribution in [2.24, 2.45) is 0 Å². The molecule has 1 fully saturated rings. The molecule has 1 atom stereocenters. The van der Waals surface area contributed by atoms with Crippen LogP contribution in [0.15, 0.2) is 60.0 Å². The van der Waals surface area contributed by atoms with Gasteiger partial charge in [0.2, 0.25) is 0 Å². The molecule has 1 amide bonds. The van der Waals surface area contributed by atoms with Crippen LogP contribution in [0.4, 0.5) is 10.5 Å². The van der Waals surface area contributed by atoms with Crippen LogP contribution in [0.25, 0.3) is 0 Å². The first-order valence-corrected chi connectivity index (χ1v) is 10.9. The van der Waals surface area contributed by atoms with Crippen molar-refractivity contribution < 1.29 is 33.3 Å². The number of nitrogens with zero attached hydrogens (tertiary/aromatic N) is 2. The first-order chi connectivity index (χ1) is 16.1. The zero-order chi connectivity index (χ0) is 24.9. The van der Waals surface area contributed by atoms with Crippen LogP contribution in [0.2, 0.25) is 0 Å². The van der Waals surface area contributed by atoms with Crippen LogP contribution in [0.3, 0.4) is 0 Å². The predicted octanol–water partition coefficient (Wildman–Crippen LogP) is 3.56. The molecule has 0 spiro atoms. The van der Waals surface area contributed by atoms with Gasteiger partial charge in [-0.15, -0.1) is 0 Å². The Balaban J connectivity index is 1.74. The molecule has 34 heavy (non-hydrogen) atoms. The molecule has 2 heterocycles. The summed E-state index contributed by atoms with van der Waals surface area (Å²) in [6.45, 7) is 6.50. The zero-order valence-corrected chi connectivity index (χ0v) is 20.1. The van der Waals surface area contributed by atoms with E-state index in [1.807, 2.05) is 20.8 Å². The molecule has 0 bridgehead atoms. The van der Waals surface area contributed by atoms with Crippen LogP contribution in [-0.4, -0.2) is 61.9 Å². The molecule has 182 valence electrons. The molecule has 1 saturated heterocycles. The summed E-state index contributed by atoms with van der Waals surface area (Å²) < 4.78 is 21.2. The van der Waals surface area contributed by atoms with Crippen molar-refractivity contribution in [1.29, 1.82) is 0 Å². The van der Waals surface area contributed by atoms with Crippen LogP contribution < -0.4 is 9.64 Å². The molecule has 0 aromatic heterocycles. The van der Waals surface area contributed by atoms with Crippen molar-refractivity contribution in [3.63, 3.8) is 0 Å². The third-order valence-corrected chi connectivity index (χ3v) is 5.10. The summed E-state index contributed by atoms with van der Waals surface area (Å²) in [7, 11) is 2.50. The lowest BCUT2D eigenvalue weighted by molar-refractivity contribution is -0.139. The largest absolute Gasteiger partial charge is 0.489 e. The first kappa shape index (κ1) is 24.9. The van der Waals surface area contributed by atoms with Gasteiger partial charge in [0, 0.05) is 24.9 Å². The molecule has 1 aromatic rings. The minimum Gasteiger partial charge on any atom is -0.489 e. The number of esters is 2. The summed E-state index contributed by atoms with van der Waals surface area (Å²) in [5, 5.41) is 0. The predicted molar refractivity (Wildman–Crippen MR) is 125 cm³/mol. The summed E-state index contributed by atoms with van der Waals surface area (Å²) in [5.41, 5.74) is 0.189. The molecule has 2 aliphatic rings. The van der Waals surface area contributed by atoms with Gasteiger partial charge in [0.1, 0.15) is 23.2 Å². The fraction of sp³-hybridized carbons (Fsp3) is 0.400. The van der Waals surface area contributed by atoms with Gasteiger partial charge < -0.3 is 28.7 Å². The lowest BCUT2D eigenvalue weighted by atomic mass is 10.1. The van der Waals surface area contributed by atoms with Crippen LogP contribution in [0.5, 0.6) is 5.75 Å². The highest BCUT2D eigenvalue weighted by molar-refractivity contribution is 6.05. The molecule has 0 N–H and O–H groups in total. The molecule has 2 aliphatic heterocycles. The third-order valence-electron chi connectivity index (χ3n) is 5.10. The Hall–Kier alpha value is -3.75. The van der Waals surface area contributed by atoms with Crippen LogP contribution in [-0.2, 0) is 23.8 Å². The first-order valence-electron chi connectivity index (χ1n) is 10.9. The average Bonchev–Trinajstić information content (AvgIpc) is 3.15. The standard InChI is InChI=1S/C25H30N2O7/c1-25(2,3)34-24(30)26-15-13-19(16-26)33-18-11-9-17(10-12-18)27-14-7-6-8-20(22(28)31-4)21(27)23(29)32-5/h6-12,14,19H,13,15-16H2,1-5H3. The lowest BCUT2D eigenvalue weighted by Crippen LogP contribution is -2.36. The van der Waals surface area contributed by atoms with Gasteiger partial charge in [-0.2, -0.15) is 0 Å². The van der Waals surface area contributed by atoms with E-state index in [-0.39, 0.29) is 23.5 Å². The molecular formula is C25H30N2O7. The van der Waals surface area contributed by atoms with Crippen molar-refractivity contribution >= 4 is 23.7 Å². The summed E-state index contributed by atoms with van der Waals surface area (Å²) in [4.78, 5) is 40.3. The van der Waals surface area contributed by atoms with Crippen molar-refractivity contribution in [3.8, 4) is 5.75 Å². The second-order valence-electron chi connectivity index (χ2n) is 8.76. The van der Waals surface area contributed by atoms with E-state index in [9.17, 15) is 14.4 Å². The molecule has 0 saturated carbocycles. The number of ether oxygens (including phenoxy) is 4. The van der Waals surface area contributed by atoms with Gasteiger partial charge in [0.05, 0.1) is 26.3 Å².